The molecule has 0 bridgehead atoms. The van der Waals surface area contributed by atoms with Crippen LogP contribution in [0, 0.1) is 0 Å². The summed E-state index contributed by atoms with van der Waals surface area (Å²) >= 11 is 0. The van der Waals surface area contributed by atoms with Crippen molar-refractivity contribution in [2.45, 2.75) is 31.6 Å². The number of hydrogen-bond acceptors (Lipinski definition) is 8. The van der Waals surface area contributed by atoms with Crippen LogP contribution in [-0.4, -0.2) is 73.8 Å². The zero-order valence-corrected chi connectivity index (χ0v) is 20.9. The van der Waals surface area contributed by atoms with Crippen LogP contribution in [0.5, 0.6) is 5.75 Å². The quantitative estimate of drug-likeness (QED) is 0.373. The van der Waals surface area contributed by atoms with E-state index in [1.807, 2.05) is 18.6 Å². The Morgan fingerprint density at radius 1 is 1.00 bits per heavy atom. The molecule has 2 rings (SSSR count). The summed E-state index contributed by atoms with van der Waals surface area (Å²) in [5.41, 5.74) is -0.168. The largest absolute Gasteiger partial charge is 0.494 e. The van der Waals surface area contributed by atoms with Crippen LogP contribution in [0.2, 0.25) is 0 Å². The molecule has 0 atom stereocenters. The zero-order valence-electron chi connectivity index (χ0n) is 20.1. The molecule has 0 saturated heterocycles. The van der Waals surface area contributed by atoms with E-state index in [4.69, 9.17) is 9.84 Å². The van der Waals surface area contributed by atoms with Crippen LogP contribution in [0.25, 0.3) is 0 Å². The summed E-state index contributed by atoms with van der Waals surface area (Å²) in [5, 5.41) is 10.8. The summed E-state index contributed by atoms with van der Waals surface area (Å²) in [6, 6.07) is 6.33. The average molecular weight is 521 g/mol. The Balaban J connectivity index is 2.18. The van der Waals surface area contributed by atoms with E-state index in [0.717, 1.165) is 25.1 Å². The third-order valence-corrected chi connectivity index (χ3v) is 6.21. The van der Waals surface area contributed by atoms with E-state index in [0.29, 0.717) is 18.7 Å². The lowest BCUT2D eigenvalue weighted by atomic mass is 10.2. The van der Waals surface area contributed by atoms with E-state index in [-0.39, 0.29) is 27.8 Å². The first-order chi connectivity index (χ1) is 17.0. The topological polar surface area (TPSA) is 172 Å². The van der Waals surface area contributed by atoms with Crippen molar-refractivity contribution in [3.05, 3.63) is 53.3 Å². The van der Waals surface area contributed by atoms with E-state index in [2.05, 4.69) is 10.3 Å². The molecule has 0 aliphatic heterocycles. The number of sulfonamides is 1. The summed E-state index contributed by atoms with van der Waals surface area (Å²) in [4.78, 5) is 53.2. The number of carbonyl (C=O) groups is 4. The number of methoxy groups -OCH3 is 1. The van der Waals surface area contributed by atoms with Crippen LogP contribution in [-0.2, 0) is 14.8 Å². The molecule has 1 heterocycles. The summed E-state index contributed by atoms with van der Waals surface area (Å²) in [6.45, 7) is 4.44. The van der Waals surface area contributed by atoms with Gasteiger partial charge in [0.25, 0.3) is 27.7 Å². The van der Waals surface area contributed by atoms with Gasteiger partial charge >= 0.3 is 5.97 Å². The molecule has 0 spiro atoms. The van der Waals surface area contributed by atoms with Gasteiger partial charge < -0.3 is 20.1 Å². The number of ether oxygens (including phenoxy) is 1. The maximum Gasteiger partial charge on any atom is 0.322 e. The molecule has 3 N–H and O–H groups in total. The molecule has 2 aromatic rings. The van der Waals surface area contributed by atoms with Gasteiger partial charge in [-0.2, -0.15) is 0 Å². The predicted molar refractivity (Wildman–Crippen MR) is 128 cm³/mol. The highest BCUT2D eigenvalue weighted by molar-refractivity contribution is 7.90. The molecule has 0 unspecified atom stereocenters. The van der Waals surface area contributed by atoms with E-state index < -0.39 is 34.4 Å². The van der Waals surface area contributed by atoms with E-state index in [9.17, 15) is 27.6 Å². The normalized spacial score (nSPS) is 10.9. The molecule has 0 fully saturated rings. The standard InChI is InChI=1S/C23H28N4O8S/c1-4-10-27(11-5-2)23(32)15-6-8-17(9-7-15)36(33,34)26-21(30)16-12-18(35-3)20(24-13-16)22(31)25-14-19(28)29/h6-9,12-13H,4-5,10-11,14H2,1-3H3,(H,25,31)(H,26,30)(H,28,29). The fraction of sp³-hybridized carbons (Fsp3) is 0.348. The SMILES string of the molecule is CCCN(CCC)C(=O)c1ccc(S(=O)(=O)NC(=O)c2cnc(C(=O)NCC(=O)O)c(OC)c2)cc1. The number of carboxylic acid groups (broad SMARTS) is 1. The van der Waals surface area contributed by atoms with Gasteiger partial charge in [0.15, 0.2) is 11.4 Å². The predicted octanol–water partition coefficient (Wildman–Crippen LogP) is 1.29. The Morgan fingerprint density at radius 2 is 1.61 bits per heavy atom. The lowest BCUT2D eigenvalue weighted by molar-refractivity contribution is -0.135. The Labute approximate surface area is 208 Å². The lowest BCUT2D eigenvalue weighted by Gasteiger charge is -2.21. The van der Waals surface area contributed by atoms with Crippen LogP contribution >= 0.6 is 0 Å². The maximum atomic E-state index is 12.7. The number of nitrogens with one attached hydrogen (secondary N) is 2. The molecule has 1 aromatic heterocycles. The minimum Gasteiger partial charge on any atom is -0.494 e. The molecular formula is C23H28N4O8S. The number of aliphatic carboxylic acids is 1. The second-order valence-corrected chi connectivity index (χ2v) is 9.28. The van der Waals surface area contributed by atoms with Gasteiger partial charge in [-0.05, 0) is 43.2 Å². The van der Waals surface area contributed by atoms with Crippen LogP contribution < -0.4 is 14.8 Å². The molecule has 0 radical (unpaired) electrons. The molecule has 0 aliphatic rings. The fourth-order valence-electron chi connectivity index (χ4n) is 3.19. The molecule has 1 aromatic carbocycles. The Bertz CT molecular complexity index is 1220. The summed E-state index contributed by atoms with van der Waals surface area (Å²) in [7, 11) is -3.09. The first-order valence-corrected chi connectivity index (χ1v) is 12.5. The summed E-state index contributed by atoms with van der Waals surface area (Å²) < 4.78 is 32.4. The van der Waals surface area contributed by atoms with Crippen molar-refractivity contribution in [3.63, 3.8) is 0 Å². The van der Waals surface area contributed by atoms with E-state index in [1.54, 1.807) is 4.90 Å². The van der Waals surface area contributed by atoms with Crippen molar-refractivity contribution in [2.75, 3.05) is 26.7 Å². The van der Waals surface area contributed by atoms with Gasteiger partial charge in [0.2, 0.25) is 0 Å². The van der Waals surface area contributed by atoms with Gasteiger partial charge in [0.1, 0.15) is 6.54 Å². The molecule has 12 nitrogen and oxygen atoms in total. The number of nitrogens with zero attached hydrogens (tertiary/aromatic N) is 2. The lowest BCUT2D eigenvalue weighted by Crippen LogP contribution is -2.33. The first kappa shape index (κ1) is 28.2. The highest BCUT2D eigenvalue weighted by Gasteiger charge is 2.23. The van der Waals surface area contributed by atoms with Gasteiger partial charge in [-0.1, -0.05) is 13.8 Å². The fourth-order valence-corrected chi connectivity index (χ4v) is 4.16. The van der Waals surface area contributed by atoms with Gasteiger partial charge in [-0.15, -0.1) is 0 Å². The Kier molecular flexibility index (Phi) is 9.91. The molecule has 194 valence electrons. The Morgan fingerprint density at radius 3 is 2.14 bits per heavy atom. The average Bonchev–Trinajstić information content (AvgIpc) is 2.86. The summed E-state index contributed by atoms with van der Waals surface area (Å²) in [5.74, 6) is -3.51. The number of pyridine rings is 1. The molecule has 13 heteroatoms. The zero-order chi connectivity index (χ0) is 26.9. The molecule has 0 aliphatic carbocycles. The van der Waals surface area contributed by atoms with Crippen LogP contribution in [0.1, 0.15) is 57.9 Å². The number of aromatic nitrogens is 1. The van der Waals surface area contributed by atoms with Gasteiger partial charge in [-0.3, -0.25) is 19.2 Å². The monoisotopic (exact) mass is 520 g/mol. The number of carbonyl (C=O) groups excluding carboxylic acids is 3. The maximum absolute atomic E-state index is 12.7. The minimum absolute atomic E-state index is 0.158. The van der Waals surface area contributed by atoms with Crippen LogP contribution in [0.15, 0.2) is 41.4 Å². The van der Waals surface area contributed by atoms with Crippen molar-refractivity contribution in [3.8, 4) is 5.75 Å². The van der Waals surface area contributed by atoms with Crippen molar-refractivity contribution >= 4 is 33.7 Å². The molecule has 0 saturated carbocycles. The van der Waals surface area contributed by atoms with E-state index >= 15 is 0 Å². The van der Waals surface area contributed by atoms with Gasteiger partial charge in [-0.25, -0.2) is 18.1 Å². The first-order valence-electron chi connectivity index (χ1n) is 11.0. The van der Waals surface area contributed by atoms with Crippen molar-refractivity contribution < 1.29 is 37.4 Å². The number of benzene rings is 1. The minimum atomic E-state index is -4.29. The van der Waals surface area contributed by atoms with Gasteiger partial charge in [0.05, 0.1) is 17.6 Å². The third kappa shape index (κ3) is 7.25. The second kappa shape index (κ2) is 12.6. The second-order valence-electron chi connectivity index (χ2n) is 7.60. The van der Waals surface area contributed by atoms with Crippen LogP contribution in [0.3, 0.4) is 0 Å². The van der Waals surface area contributed by atoms with Gasteiger partial charge in [0, 0.05) is 24.8 Å². The van der Waals surface area contributed by atoms with Crippen molar-refractivity contribution in [1.29, 1.82) is 0 Å². The molecular weight excluding hydrogens is 492 g/mol. The highest BCUT2D eigenvalue weighted by Crippen LogP contribution is 2.19. The molecule has 36 heavy (non-hydrogen) atoms. The van der Waals surface area contributed by atoms with Crippen molar-refractivity contribution in [2.24, 2.45) is 0 Å². The number of carboxylic acids is 1. The number of hydrogen-bond donors (Lipinski definition) is 3. The molecule has 3 amide bonds. The Hall–Kier alpha value is -4.00. The highest BCUT2D eigenvalue weighted by atomic mass is 32.2. The third-order valence-electron chi connectivity index (χ3n) is 4.86. The summed E-state index contributed by atoms with van der Waals surface area (Å²) in [6.07, 6.45) is 2.54. The van der Waals surface area contributed by atoms with Crippen LogP contribution in [0.4, 0.5) is 0 Å². The number of amides is 3. The van der Waals surface area contributed by atoms with E-state index in [1.165, 1.54) is 31.4 Å². The smallest absolute Gasteiger partial charge is 0.322 e. The number of rotatable bonds is 12. The van der Waals surface area contributed by atoms with Crippen molar-refractivity contribution in [1.82, 2.24) is 19.9 Å².